The van der Waals surface area contributed by atoms with Gasteiger partial charge in [-0.05, 0) is 36.6 Å². The predicted octanol–water partition coefficient (Wildman–Crippen LogP) is 4.11. The maximum absolute atomic E-state index is 10.0. The second-order valence-electron chi connectivity index (χ2n) is 4.95. The quantitative estimate of drug-likeness (QED) is 0.832. The molecule has 3 heteroatoms. The van der Waals surface area contributed by atoms with Crippen LogP contribution in [0, 0.1) is 0 Å². The SMILES string of the molecule is CC[C@H](O)c1ccccc1Oc1ccc(CCOC)cc1. The number of aliphatic hydroxyl groups is 1. The molecular formula is C18H22O3. The molecule has 1 N–H and O–H groups in total. The number of hydrogen-bond donors (Lipinski definition) is 1. The molecule has 0 aliphatic carbocycles. The fourth-order valence-electron chi connectivity index (χ4n) is 2.14. The third kappa shape index (κ3) is 4.31. The summed E-state index contributed by atoms with van der Waals surface area (Å²) in [6.45, 7) is 2.66. The maximum atomic E-state index is 10.0. The second kappa shape index (κ2) is 7.81. The largest absolute Gasteiger partial charge is 0.457 e. The van der Waals surface area contributed by atoms with Crippen LogP contribution in [0.1, 0.15) is 30.6 Å². The van der Waals surface area contributed by atoms with Crippen LogP contribution in [0.5, 0.6) is 11.5 Å². The Hall–Kier alpha value is -1.84. The lowest BCUT2D eigenvalue weighted by Crippen LogP contribution is -1.99. The topological polar surface area (TPSA) is 38.7 Å². The van der Waals surface area contributed by atoms with E-state index in [-0.39, 0.29) is 0 Å². The number of para-hydroxylation sites is 1. The highest BCUT2D eigenvalue weighted by Crippen LogP contribution is 2.30. The van der Waals surface area contributed by atoms with Crippen LogP contribution in [-0.4, -0.2) is 18.8 Å². The van der Waals surface area contributed by atoms with E-state index < -0.39 is 6.10 Å². The summed E-state index contributed by atoms with van der Waals surface area (Å²) in [5.74, 6) is 1.48. The van der Waals surface area contributed by atoms with E-state index >= 15 is 0 Å². The number of hydrogen-bond acceptors (Lipinski definition) is 3. The fourth-order valence-corrected chi connectivity index (χ4v) is 2.14. The smallest absolute Gasteiger partial charge is 0.133 e. The monoisotopic (exact) mass is 286 g/mol. The van der Waals surface area contributed by atoms with E-state index in [1.54, 1.807) is 7.11 Å². The molecule has 0 bridgehead atoms. The molecule has 0 aromatic heterocycles. The van der Waals surface area contributed by atoms with Gasteiger partial charge in [-0.3, -0.25) is 0 Å². The Bertz CT molecular complexity index is 549. The summed E-state index contributed by atoms with van der Waals surface area (Å²) in [4.78, 5) is 0. The molecule has 0 aliphatic heterocycles. The first-order valence-electron chi connectivity index (χ1n) is 7.27. The highest BCUT2D eigenvalue weighted by molar-refractivity contribution is 5.39. The third-order valence-corrected chi connectivity index (χ3v) is 3.41. The van der Waals surface area contributed by atoms with Crippen LogP contribution in [0.25, 0.3) is 0 Å². The van der Waals surface area contributed by atoms with E-state index in [1.165, 1.54) is 5.56 Å². The summed E-state index contributed by atoms with van der Waals surface area (Å²) in [5, 5.41) is 10.0. The average Bonchev–Trinajstić information content (AvgIpc) is 2.54. The van der Waals surface area contributed by atoms with E-state index in [9.17, 15) is 5.11 Å². The molecule has 0 fully saturated rings. The molecule has 112 valence electrons. The summed E-state index contributed by atoms with van der Waals surface area (Å²) in [7, 11) is 1.70. The Labute approximate surface area is 126 Å². The molecule has 0 unspecified atom stereocenters. The van der Waals surface area contributed by atoms with Gasteiger partial charge < -0.3 is 14.6 Å². The normalized spacial score (nSPS) is 12.1. The van der Waals surface area contributed by atoms with Gasteiger partial charge in [-0.15, -0.1) is 0 Å². The Morgan fingerprint density at radius 3 is 2.43 bits per heavy atom. The van der Waals surface area contributed by atoms with Crippen molar-refractivity contribution in [2.75, 3.05) is 13.7 Å². The highest BCUT2D eigenvalue weighted by Gasteiger charge is 2.11. The van der Waals surface area contributed by atoms with Crippen LogP contribution in [-0.2, 0) is 11.2 Å². The first-order chi connectivity index (χ1) is 10.2. The van der Waals surface area contributed by atoms with Gasteiger partial charge in [-0.25, -0.2) is 0 Å². The molecule has 2 aromatic rings. The van der Waals surface area contributed by atoms with Crippen molar-refractivity contribution in [2.45, 2.75) is 25.9 Å². The Morgan fingerprint density at radius 1 is 1.05 bits per heavy atom. The van der Waals surface area contributed by atoms with Gasteiger partial charge in [0.2, 0.25) is 0 Å². The lowest BCUT2D eigenvalue weighted by molar-refractivity contribution is 0.170. The van der Waals surface area contributed by atoms with Crippen LogP contribution in [0.4, 0.5) is 0 Å². The van der Waals surface area contributed by atoms with Crippen LogP contribution in [0.15, 0.2) is 48.5 Å². The standard InChI is InChI=1S/C18H22O3/c1-3-17(19)16-6-4-5-7-18(16)21-15-10-8-14(9-11-15)12-13-20-2/h4-11,17,19H,3,12-13H2,1-2H3/t17-/m0/s1. The van der Waals surface area contributed by atoms with Crippen LogP contribution >= 0.6 is 0 Å². The molecule has 1 atom stereocenters. The molecule has 0 saturated carbocycles. The van der Waals surface area contributed by atoms with Gasteiger partial charge in [0.1, 0.15) is 11.5 Å². The van der Waals surface area contributed by atoms with Crippen molar-refractivity contribution in [1.29, 1.82) is 0 Å². The van der Waals surface area contributed by atoms with E-state index in [1.807, 2.05) is 55.5 Å². The van der Waals surface area contributed by atoms with Gasteiger partial charge in [0, 0.05) is 12.7 Å². The molecule has 0 heterocycles. The molecule has 0 spiro atoms. The van der Waals surface area contributed by atoms with Gasteiger partial charge in [0.15, 0.2) is 0 Å². The van der Waals surface area contributed by atoms with Crippen LogP contribution in [0.2, 0.25) is 0 Å². The summed E-state index contributed by atoms with van der Waals surface area (Å²) in [6, 6.07) is 15.6. The minimum absolute atomic E-state index is 0.498. The van der Waals surface area contributed by atoms with Crippen molar-refractivity contribution < 1.29 is 14.6 Å². The predicted molar refractivity (Wildman–Crippen MR) is 83.8 cm³/mol. The average molecular weight is 286 g/mol. The molecule has 0 saturated heterocycles. The van der Waals surface area contributed by atoms with Crippen molar-refractivity contribution in [3.8, 4) is 11.5 Å². The molecule has 21 heavy (non-hydrogen) atoms. The van der Waals surface area contributed by atoms with Gasteiger partial charge in [-0.2, -0.15) is 0 Å². The van der Waals surface area contributed by atoms with Crippen LogP contribution < -0.4 is 4.74 Å². The number of methoxy groups -OCH3 is 1. The van der Waals surface area contributed by atoms with Crippen molar-refractivity contribution in [3.63, 3.8) is 0 Å². The maximum Gasteiger partial charge on any atom is 0.133 e. The first kappa shape index (κ1) is 15.5. The van der Waals surface area contributed by atoms with Gasteiger partial charge >= 0.3 is 0 Å². The van der Waals surface area contributed by atoms with Crippen molar-refractivity contribution in [1.82, 2.24) is 0 Å². The fraction of sp³-hybridized carbons (Fsp3) is 0.333. The van der Waals surface area contributed by atoms with E-state index in [4.69, 9.17) is 9.47 Å². The third-order valence-electron chi connectivity index (χ3n) is 3.41. The first-order valence-corrected chi connectivity index (χ1v) is 7.27. The summed E-state index contributed by atoms with van der Waals surface area (Å²) < 4.78 is 11.0. The Balaban J connectivity index is 2.11. The number of rotatable bonds is 7. The second-order valence-corrected chi connectivity index (χ2v) is 4.95. The zero-order valence-corrected chi connectivity index (χ0v) is 12.6. The zero-order valence-electron chi connectivity index (χ0n) is 12.6. The van der Waals surface area contributed by atoms with Gasteiger partial charge in [0.25, 0.3) is 0 Å². The van der Waals surface area contributed by atoms with Gasteiger partial charge in [-0.1, -0.05) is 37.3 Å². The highest BCUT2D eigenvalue weighted by atomic mass is 16.5. The molecular weight excluding hydrogens is 264 g/mol. The van der Waals surface area contributed by atoms with Gasteiger partial charge in [0.05, 0.1) is 12.7 Å². The van der Waals surface area contributed by atoms with E-state index in [0.29, 0.717) is 18.8 Å². The molecule has 2 aromatic carbocycles. The van der Waals surface area contributed by atoms with Crippen molar-refractivity contribution in [3.05, 3.63) is 59.7 Å². The summed E-state index contributed by atoms with van der Waals surface area (Å²) in [6.07, 6.45) is 1.06. The molecule has 0 amide bonds. The number of aliphatic hydroxyl groups excluding tert-OH is 1. The minimum Gasteiger partial charge on any atom is -0.457 e. The molecule has 0 radical (unpaired) electrons. The zero-order chi connectivity index (χ0) is 15.1. The Morgan fingerprint density at radius 2 is 1.76 bits per heavy atom. The summed E-state index contributed by atoms with van der Waals surface area (Å²) in [5.41, 5.74) is 2.04. The molecule has 0 aliphatic rings. The van der Waals surface area contributed by atoms with Crippen molar-refractivity contribution in [2.24, 2.45) is 0 Å². The Kier molecular flexibility index (Phi) is 5.78. The number of ether oxygens (including phenoxy) is 2. The summed E-state index contributed by atoms with van der Waals surface area (Å²) >= 11 is 0. The number of benzene rings is 2. The van der Waals surface area contributed by atoms with E-state index in [0.717, 1.165) is 17.7 Å². The minimum atomic E-state index is -0.498. The lowest BCUT2D eigenvalue weighted by atomic mass is 10.1. The molecule has 2 rings (SSSR count). The molecule has 3 nitrogen and oxygen atoms in total. The van der Waals surface area contributed by atoms with Crippen molar-refractivity contribution >= 4 is 0 Å². The lowest BCUT2D eigenvalue weighted by Gasteiger charge is -2.14. The van der Waals surface area contributed by atoms with Crippen LogP contribution in [0.3, 0.4) is 0 Å². The van der Waals surface area contributed by atoms with E-state index in [2.05, 4.69) is 0 Å².